The second-order valence-corrected chi connectivity index (χ2v) is 22.6. The molecule has 0 unspecified atom stereocenters. The van der Waals surface area contributed by atoms with Gasteiger partial charge >= 0.3 is 0 Å². The van der Waals surface area contributed by atoms with Crippen LogP contribution < -0.4 is 5.19 Å². The van der Waals surface area contributed by atoms with E-state index in [-0.39, 0.29) is 48.9 Å². The van der Waals surface area contributed by atoms with Gasteiger partial charge in [-0.05, 0) is 60.4 Å². The van der Waals surface area contributed by atoms with Crippen LogP contribution in [-0.4, -0.2) is 33.5 Å². The molecule has 2 aromatic heterocycles. The first-order chi connectivity index (χ1) is 27.7. The third kappa shape index (κ3) is 9.86. The van der Waals surface area contributed by atoms with Gasteiger partial charge in [-0.25, -0.2) is 4.98 Å². The molecule has 5 nitrogen and oxygen atoms in total. The SMILES string of the molecule is CC(C)(C)c1cc(-c2ncnc3c4ccc(-c5ccc([Si](C)(C)C)cc5)cc4n(-c4ccccc4)c23)[c-]c2ccccc12.CCC(CC)C(=O)/C=C(\O)C(CC)CC.[Ir]. The average molecular weight is 979 g/mol. The quantitative estimate of drug-likeness (QED) is 0.0607. The maximum absolute atomic E-state index is 11.7. The summed E-state index contributed by atoms with van der Waals surface area (Å²) in [5, 5.41) is 14.7. The van der Waals surface area contributed by atoms with Crippen molar-refractivity contribution < 1.29 is 30.0 Å². The fourth-order valence-electron chi connectivity index (χ4n) is 7.97. The zero-order valence-corrected chi connectivity index (χ0v) is 39.9. The number of para-hydroxylation sites is 1. The van der Waals surface area contributed by atoms with Crippen LogP contribution in [0.25, 0.3) is 60.8 Å². The molecule has 0 aliphatic rings. The number of carbonyl (C=O) groups excluding carboxylic acids is 1. The first-order valence-electron chi connectivity index (χ1n) is 21.1. The summed E-state index contributed by atoms with van der Waals surface area (Å²) in [6.07, 6.45) is 6.61. The summed E-state index contributed by atoms with van der Waals surface area (Å²) >= 11 is 0. The minimum Gasteiger partial charge on any atom is -0.512 e. The van der Waals surface area contributed by atoms with Crippen molar-refractivity contribution in [3.8, 4) is 28.1 Å². The van der Waals surface area contributed by atoms with E-state index in [4.69, 9.17) is 9.97 Å². The van der Waals surface area contributed by atoms with Crippen molar-refractivity contribution in [2.75, 3.05) is 0 Å². The molecule has 0 aliphatic heterocycles. The van der Waals surface area contributed by atoms with E-state index in [9.17, 15) is 9.90 Å². The number of benzene rings is 5. The summed E-state index contributed by atoms with van der Waals surface area (Å²) in [6.45, 7) is 22.1. The summed E-state index contributed by atoms with van der Waals surface area (Å²) in [6, 6.07) is 41.0. The molecule has 0 atom stereocenters. The number of hydrogen-bond acceptors (Lipinski definition) is 4. The van der Waals surface area contributed by atoms with Crippen molar-refractivity contribution in [2.24, 2.45) is 11.8 Å². The predicted molar refractivity (Wildman–Crippen MR) is 249 cm³/mol. The van der Waals surface area contributed by atoms with E-state index < -0.39 is 8.07 Å². The Morgan fingerprint density at radius 1 is 0.763 bits per heavy atom. The maximum Gasteiger partial charge on any atom is 0.162 e. The molecule has 7 heteroatoms. The minimum absolute atomic E-state index is 0. The van der Waals surface area contributed by atoms with Crippen molar-refractivity contribution >= 4 is 51.8 Å². The molecule has 0 amide bonds. The Bertz CT molecular complexity index is 2550. The van der Waals surface area contributed by atoms with Crippen molar-refractivity contribution in [1.82, 2.24) is 14.5 Å². The van der Waals surface area contributed by atoms with E-state index in [1.165, 1.54) is 33.3 Å². The van der Waals surface area contributed by atoms with Crippen molar-refractivity contribution in [3.05, 3.63) is 133 Å². The second-order valence-electron chi connectivity index (χ2n) is 17.5. The Kier molecular flexibility index (Phi) is 14.7. The summed E-state index contributed by atoms with van der Waals surface area (Å²) < 4.78 is 2.33. The Hall–Kier alpha value is -4.68. The number of hydrogen-bond donors (Lipinski definition) is 1. The number of fused-ring (bicyclic) bond motifs is 4. The number of aliphatic hydroxyl groups excluding tert-OH is 1. The molecule has 5 aromatic carbocycles. The summed E-state index contributed by atoms with van der Waals surface area (Å²) in [5.41, 5.74) is 9.68. The largest absolute Gasteiger partial charge is 0.512 e. The molecule has 0 spiro atoms. The van der Waals surface area contributed by atoms with Crippen LogP contribution >= 0.6 is 0 Å². The summed E-state index contributed by atoms with van der Waals surface area (Å²) in [4.78, 5) is 21.5. The van der Waals surface area contributed by atoms with Gasteiger partial charge in [0.25, 0.3) is 0 Å². The van der Waals surface area contributed by atoms with Gasteiger partial charge in [0.1, 0.15) is 6.33 Å². The zero-order chi connectivity index (χ0) is 41.8. The van der Waals surface area contributed by atoms with Crippen LogP contribution in [0.1, 0.15) is 79.7 Å². The molecule has 7 aromatic rings. The molecule has 1 N–H and O–H groups in total. The minimum atomic E-state index is -1.37. The van der Waals surface area contributed by atoms with Gasteiger partial charge in [-0.15, -0.1) is 29.1 Å². The first-order valence-corrected chi connectivity index (χ1v) is 24.6. The van der Waals surface area contributed by atoms with Crippen LogP contribution in [0.3, 0.4) is 0 Å². The van der Waals surface area contributed by atoms with E-state index in [1.807, 2.05) is 27.7 Å². The van der Waals surface area contributed by atoms with Gasteiger partial charge in [0.15, 0.2) is 5.78 Å². The van der Waals surface area contributed by atoms with Gasteiger partial charge in [0, 0.05) is 54.8 Å². The molecule has 0 fully saturated rings. The summed E-state index contributed by atoms with van der Waals surface area (Å²) in [7, 11) is -1.37. The smallest absolute Gasteiger partial charge is 0.162 e. The van der Waals surface area contributed by atoms with Crippen LogP contribution in [-0.2, 0) is 30.3 Å². The fraction of sp³-hybridized carbons (Fsp3) is 0.327. The van der Waals surface area contributed by atoms with Crippen molar-refractivity contribution in [2.45, 2.75) is 99.2 Å². The van der Waals surface area contributed by atoms with Crippen LogP contribution in [0.2, 0.25) is 19.6 Å². The van der Waals surface area contributed by atoms with E-state index in [0.29, 0.717) is 0 Å². The third-order valence-electron chi connectivity index (χ3n) is 11.6. The topological polar surface area (TPSA) is 68.0 Å². The standard InChI is InChI=1S/C39H36N3Si.C13H24O2.Ir/c1-39(2,3)34-23-29(22-28-12-10-11-15-32(28)34)36-38-37(41-25-40-36)33-21-18-27(26-16-19-31(20-17-26)43(4,5)6)24-35(33)42(38)30-13-8-7-9-14-30;1-5-10(6-2)12(14)9-13(15)11(7-3)8-4;/h7-21,23-25H,1-6H3;9-11,14H,5-8H2,1-4H3;/q-1;;/b;12-9-;. The number of rotatable bonds is 11. The van der Waals surface area contributed by atoms with Gasteiger partial charge in [0.05, 0.1) is 30.4 Å². The molecule has 0 saturated heterocycles. The van der Waals surface area contributed by atoms with E-state index in [0.717, 1.165) is 70.0 Å². The van der Waals surface area contributed by atoms with Crippen LogP contribution in [0.4, 0.5) is 0 Å². The van der Waals surface area contributed by atoms with Crippen molar-refractivity contribution in [1.29, 1.82) is 0 Å². The molecule has 1 radical (unpaired) electrons. The Balaban J connectivity index is 0.000000355. The predicted octanol–water partition coefficient (Wildman–Crippen LogP) is 13.6. The molecular formula is C52H60IrN3O2Si-. The Labute approximate surface area is 366 Å². The molecule has 2 heterocycles. The van der Waals surface area contributed by atoms with E-state index in [1.54, 1.807) is 6.33 Å². The Morgan fingerprint density at radius 3 is 1.98 bits per heavy atom. The molecule has 0 aliphatic carbocycles. The maximum atomic E-state index is 11.7. The second kappa shape index (κ2) is 19.1. The molecule has 309 valence electrons. The van der Waals surface area contributed by atoms with E-state index in [2.05, 4.69) is 154 Å². The number of aliphatic hydroxyl groups is 1. The van der Waals surface area contributed by atoms with Crippen LogP contribution in [0.15, 0.2) is 121 Å². The fourth-order valence-corrected chi connectivity index (χ4v) is 9.13. The number of nitrogens with zero attached hydrogens (tertiary/aromatic N) is 3. The van der Waals surface area contributed by atoms with Gasteiger partial charge in [0.2, 0.25) is 0 Å². The normalized spacial score (nSPS) is 12.2. The summed E-state index contributed by atoms with van der Waals surface area (Å²) in [5.74, 6) is 0.547. The van der Waals surface area contributed by atoms with Crippen LogP contribution in [0.5, 0.6) is 0 Å². The van der Waals surface area contributed by atoms with Gasteiger partial charge in [-0.3, -0.25) is 9.78 Å². The molecule has 59 heavy (non-hydrogen) atoms. The monoisotopic (exact) mass is 979 g/mol. The number of carbonyl (C=O) groups is 1. The average Bonchev–Trinajstić information content (AvgIpc) is 3.55. The Morgan fingerprint density at radius 2 is 1.37 bits per heavy atom. The van der Waals surface area contributed by atoms with Gasteiger partial charge < -0.3 is 9.67 Å². The molecule has 7 rings (SSSR count). The van der Waals surface area contributed by atoms with E-state index >= 15 is 0 Å². The number of aromatic nitrogens is 3. The van der Waals surface area contributed by atoms with Crippen molar-refractivity contribution in [3.63, 3.8) is 0 Å². The third-order valence-corrected chi connectivity index (χ3v) is 13.6. The number of allylic oxidation sites excluding steroid dienone is 2. The van der Waals surface area contributed by atoms with Crippen LogP contribution in [0, 0.1) is 17.9 Å². The molecular weight excluding hydrogens is 919 g/mol. The first kappa shape index (κ1) is 45.4. The van der Waals surface area contributed by atoms with Gasteiger partial charge in [-0.2, -0.15) is 0 Å². The molecule has 0 saturated carbocycles. The number of ketones is 1. The zero-order valence-electron chi connectivity index (χ0n) is 36.5. The molecule has 0 bridgehead atoms. The van der Waals surface area contributed by atoms with Gasteiger partial charge in [-0.1, -0.05) is 157 Å².